The lowest BCUT2D eigenvalue weighted by molar-refractivity contribution is -0.138. The summed E-state index contributed by atoms with van der Waals surface area (Å²) >= 11 is 0. The van der Waals surface area contributed by atoms with Crippen LogP contribution in [0, 0.1) is 0 Å². The summed E-state index contributed by atoms with van der Waals surface area (Å²) in [4.78, 5) is 31.1. The highest BCUT2D eigenvalue weighted by Crippen LogP contribution is 2.17. The Morgan fingerprint density at radius 3 is 0.358 bits per heavy atom. The number of aliphatic hydroxyl groups is 3. The van der Waals surface area contributed by atoms with Crippen LogP contribution in [0.5, 0.6) is 0 Å². The van der Waals surface area contributed by atoms with Crippen molar-refractivity contribution in [3.05, 3.63) is 0 Å². The molecule has 0 aromatic rings. The molecule has 67 heavy (non-hydrogen) atoms. The number of unbranched alkanes of at least 4 members (excludes halogenated alkanes) is 45. The van der Waals surface area contributed by atoms with Crippen molar-refractivity contribution >= 4 is 35.3 Å². The number of carbonyl (C=O) groups is 3. The second-order valence-corrected chi connectivity index (χ2v) is 19.6. The van der Waals surface area contributed by atoms with E-state index in [1.165, 1.54) is 250 Å². The first-order valence-electron chi connectivity index (χ1n) is 28.8. The van der Waals surface area contributed by atoms with Crippen LogP contribution in [0.15, 0.2) is 0 Å². The molecule has 0 bridgehead atoms. The molecule has 0 aromatic heterocycles. The maximum Gasteiger partial charge on any atom is 0.303 e. The van der Waals surface area contributed by atoms with Crippen molar-refractivity contribution in [3.8, 4) is 0 Å². The van der Waals surface area contributed by atoms with E-state index < -0.39 is 17.9 Å². The van der Waals surface area contributed by atoms with Crippen LogP contribution in [0.4, 0.5) is 0 Å². The number of hydrogen-bond acceptors (Lipinski definition) is 6. The van der Waals surface area contributed by atoms with Crippen LogP contribution in [0.1, 0.15) is 327 Å². The Bertz CT molecular complexity index is 808. The molecule has 10 heteroatoms. The summed E-state index contributed by atoms with van der Waals surface area (Å²) in [6.07, 6.45) is 61.3. The summed E-state index contributed by atoms with van der Waals surface area (Å²) in [5.74, 6) is -1.99. The van der Waals surface area contributed by atoms with Crippen molar-refractivity contribution in [1.29, 1.82) is 0 Å². The molecule has 0 aliphatic carbocycles. The third-order valence-corrected chi connectivity index (χ3v) is 12.9. The van der Waals surface area contributed by atoms with E-state index in [-0.39, 0.29) is 17.4 Å². The fourth-order valence-electron chi connectivity index (χ4n) is 8.59. The lowest BCUT2D eigenvalue weighted by atomic mass is 10.0. The van der Waals surface area contributed by atoms with E-state index in [1.54, 1.807) is 0 Å². The second-order valence-electron chi connectivity index (χ2n) is 19.6. The lowest BCUT2D eigenvalue weighted by Crippen LogP contribution is -1.93. The third kappa shape index (κ3) is 82.1. The molecule has 0 amide bonds. The average molecular weight is 974 g/mol. The van der Waals surface area contributed by atoms with Gasteiger partial charge >= 0.3 is 17.9 Å². The molecule has 402 valence electrons. The van der Waals surface area contributed by atoms with Gasteiger partial charge in [-0.25, -0.2) is 0 Å². The number of carboxylic acids is 3. The molecule has 0 unspecified atom stereocenters. The van der Waals surface area contributed by atoms with Crippen LogP contribution < -0.4 is 0 Å². The van der Waals surface area contributed by atoms with Gasteiger partial charge in [-0.05, 0) is 38.5 Å². The van der Waals surface area contributed by atoms with Crippen LogP contribution in [-0.2, 0) is 14.4 Å². The summed E-state index contributed by atoms with van der Waals surface area (Å²) in [5, 5.41) is 51.6. The molecule has 0 aliphatic heterocycles. The predicted octanol–water partition coefficient (Wildman–Crippen LogP) is 15.9. The second kappa shape index (κ2) is 69.1. The Kier molecular flexibility index (Phi) is 74.6. The Hall–Kier alpha value is -1.18. The van der Waals surface area contributed by atoms with Gasteiger partial charge in [0.1, 0.15) is 0 Å². The van der Waals surface area contributed by atoms with E-state index >= 15 is 0 Å². The van der Waals surface area contributed by atoms with Crippen molar-refractivity contribution < 1.29 is 45.0 Å². The number of aliphatic hydroxyl groups excluding tert-OH is 3. The minimum absolute atomic E-state index is 0. The molecule has 6 N–H and O–H groups in total. The van der Waals surface area contributed by atoms with E-state index in [0.29, 0.717) is 39.1 Å². The van der Waals surface area contributed by atoms with Gasteiger partial charge in [-0.3, -0.25) is 14.4 Å². The van der Waals surface area contributed by atoms with Crippen molar-refractivity contribution in [2.75, 3.05) is 19.8 Å². The number of hydrogen-bond donors (Lipinski definition) is 6. The molecule has 0 heterocycles. The molecule has 0 saturated heterocycles. The third-order valence-electron chi connectivity index (χ3n) is 12.9. The van der Waals surface area contributed by atoms with E-state index in [0.717, 1.165) is 57.8 Å². The Labute approximate surface area is 425 Å². The molecule has 0 atom stereocenters. The van der Waals surface area contributed by atoms with Gasteiger partial charge in [-0.15, -0.1) is 0 Å². The molecule has 0 radical (unpaired) electrons. The van der Waals surface area contributed by atoms with E-state index in [1.807, 2.05) is 0 Å². The molecule has 0 rings (SSSR count). The molecular weight excluding hydrogens is 856 g/mol. The minimum atomic E-state index is -0.662. The first-order valence-corrected chi connectivity index (χ1v) is 28.8. The average Bonchev–Trinajstić information content (AvgIpc) is 3.29. The van der Waals surface area contributed by atoms with Gasteiger partial charge in [-0.1, -0.05) is 270 Å². The van der Waals surface area contributed by atoms with Crippen molar-refractivity contribution in [2.24, 2.45) is 0 Å². The molecule has 0 aromatic carbocycles. The molecule has 0 spiro atoms. The predicted molar refractivity (Wildman–Crippen MR) is 290 cm³/mol. The molecule has 0 aliphatic rings. The summed E-state index contributed by atoms with van der Waals surface area (Å²) in [6, 6.07) is 0. The molecule has 0 fully saturated rings. The number of rotatable bonds is 54. The summed E-state index contributed by atoms with van der Waals surface area (Å²) in [5.41, 5.74) is 0. The normalized spacial score (nSPS) is 10.8. The summed E-state index contributed by atoms with van der Waals surface area (Å²) < 4.78 is 0. The van der Waals surface area contributed by atoms with Crippen LogP contribution in [0.3, 0.4) is 0 Å². The zero-order valence-electron chi connectivity index (χ0n) is 43.6. The SMILES string of the molecule is O=C(O)CCCCCCCCCCCCCCCCCCO.O=C(O)CCCCCCCCCCCCCCCCCCO.O=C(O)CCCCCCCCCCCCCCCCCCO.[AlH3]. The van der Waals surface area contributed by atoms with Gasteiger partial charge in [0.25, 0.3) is 0 Å². The Morgan fingerprint density at radius 1 is 0.179 bits per heavy atom. The lowest BCUT2D eigenvalue weighted by Gasteiger charge is -2.03. The maximum absolute atomic E-state index is 10.4. The largest absolute Gasteiger partial charge is 0.481 e. The number of aliphatic carboxylic acids is 3. The Balaban J connectivity index is -0.000000441. The highest BCUT2D eigenvalue weighted by molar-refractivity contribution is 5.75. The monoisotopic (exact) mass is 973 g/mol. The quantitative estimate of drug-likeness (QED) is 0.0256. The van der Waals surface area contributed by atoms with Crippen molar-refractivity contribution in [2.45, 2.75) is 327 Å². The van der Waals surface area contributed by atoms with Crippen molar-refractivity contribution in [1.82, 2.24) is 0 Å². The highest BCUT2D eigenvalue weighted by atomic mass is 27.0. The van der Waals surface area contributed by atoms with Crippen LogP contribution in [0.25, 0.3) is 0 Å². The summed E-state index contributed by atoms with van der Waals surface area (Å²) in [7, 11) is 0. The first kappa shape index (κ1) is 72.4. The zero-order valence-corrected chi connectivity index (χ0v) is 43.6. The Morgan fingerprint density at radius 2 is 0.269 bits per heavy atom. The molecule has 9 nitrogen and oxygen atoms in total. The first-order chi connectivity index (χ1) is 32.3. The highest BCUT2D eigenvalue weighted by Gasteiger charge is 2.01. The van der Waals surface area contributed by atoms with Crippen LogP contribution in [0.2, 0.25) is 0 Å². The molecular formula is C57H117AlO9. The van der Waals surface area contributed by atoms with Gasteiger partial charge in [0.15, 0.2) is 17.4 Å². The van der Waals surface area contributed by atoms with Crippen molar-refractivity contribution in [3.63, 3.8) is 0 Å². The fourth-order valence-corrected chi connectivity index (χ4v) is 8.59. The smallest absolute Gasteiger partial charge is 0.303 e. The van der Waals surface area contributed by atoms with Gasteiger partial charge in [0.2, 0.25) is 0 Å². The summed E-state index contributed by atoms with van der Waals surface area (Å²) in [6.45, 7) is 1.05. The van der Waals surface area contributed by atoms with E-state index in [9.17, 15) is 14.4 Å². The fraction of sp³-hybridized carbons (Fsp3) is 0.947. The zero-order chi connectivity index (χ0) is 48.9. The maximum atomic E-state index is 10.4. The standard InChI is InChI=1S/3C19H38O3.Al.3H/c3*20-18-16-14-12-10-8-6-4-2-1-3-5-7-9-11-13-15-17-19(21)22;;;;/h3*20H,1-18H2,(H,21,22);;;;. The van der Waals surface area contributed by atoms with Gasteiger partial charge in [-0.2, -0.15) is 0 Å². The van der Waals surface area contributed by atoms with E-state index in [2.05, 4.69) is 0 Å². The minimum Gasteiger partial charge on any atom is -0.481 e. The van der Waals surface area contributed by atoms with Crippen LogP contribution >= 0.6 is 0 Å². The topological polar surface area (TPSA) is 173 Å². The number of carboxylic acid groups (broad SMARTS) is 3. The van der Waals surface area contributed by atoms with E-state index in [4.69, 9.17) is 30.6 Å². The van der Waals surface area contributed by atoms with Crippen LogP contribution in [-0.4, -0.2) is 85.7 Å². The van der Waals surface area contributed by atoms with Gasteiger partial charge in [0, 0.05) is 39.1 Å². The molecule has 0 saturated carbocycles. The van der Waals surface area contributed by atoms with Gasteiger partial charge < -0.3 is 30.6 Å². The van der Waals surface area contributed by atoms with Gasteiger partial charge in [0.05, 0.1) is 0 Å².